The van der Waals surface area contributed by atoms with E-state index >= 15 is 0 Å². The zero-order valence-corrected chi connectivity index (χ0v) is 12.1. The Labute approximate surface area is 123 Å². The highest BCUT2D eigenvalue weighted by atomic mass is 19.1. The summed E-state index contributed by atoms with van der Waals surface area (Å²) >= 11 is 0. The monoisotopic (exact) mass is 287 g/mol. The number of carbonyl (C=O) groups excluding carboxylic acids is 1. The molecule has 0 saturated heterocycles. The Morgan fingerprint density at radius 2 is 1.86 bits per heavy atom. The Kier molecular flexibility index (Phi) is 5.06. The molecule has 0 radical (unpaired) electrons. The van der Waals surface area contributed by atoms with Crippen molar-refractivity contribution in [2.24, 2.45) is 0 Å². The minimum Gasteiger partial charge on any atom is -0.468 e. The van der Waals surface area contributed by atoms with E-state index < -0.39 is 0 Å². The average Bonchev–Trinajstić information content (AvgIpc) is 2.50. The van der Waals surface area contributed by atoms with Gasteiger partial charge in [-0.25, -0.2) is 4.39 Å². The van der Waals surface area contributed by atoms with Gasteiger partial charge in [0.25, 0.3) is 0 Å². The number of benzene rings is 2. The minimum absolute atomic E-state index is 0.0902. The number of rotatable bonds is 5. The summed E-state index contributed by atoms with van der Waals surface area (Å²) in [6, 6.07) is 14.0. The summed E-state index contributed by atoms with van der Waals surface area (Å²) in [7, 11) is 1.35. The van der Waals surface area contributed by atoms with Crippen LogP contribution in [-0.2, 0) is 9.53 Å². The lowest BCUT2D eigenvalue weighted by Crippen LogP contribution is -2.29. The molecule has 4 heteroatoms. The number of nitrogens with one attached hydrogen (secondary N) is 1. The topological polar surface area (TPSA) is 38.3 Å². The van der Waals surface area contributed by atoms with E-state index in [2.05, 4.69) is 10.1 Å². The van der Waals surface area contributed by atoms with Gasteiger partial charge in [0.05, 0.1) is 19.7 Å². The summed E-state index contributed by atoms with van der Waals surface area (Å²) in [4.78, 5) is 11.4. The molecule has 0 aliphatic heterocycles. The average molecular weight is 287 g/mol. The van der Waals surface area contributed by atoms with Crippen molar-refractivity contribution >= 4 is 5.97 Å². The lowest BCUT2D eigenvalue weighted by molar-refractivity contribution is -0.139. The van der Waals surface area contributed by atoms with Crippen molar-refractivity contribution in [1.82, 2.24) is 5.32 Å². The maximum absolute atomic E-state index is 13.1. The van der Waals surface area contributed by atoms with E-state index in [0.29, 0.717) is 0 Å². The van der Waals surface area contributed by atoms with Crippen LogP contribution in [0.4, 0.5) is 4.39 Å². The molecule has 0 spiro atoms. The predicted molar refractivity (Wildman–Crippen MR) is 79.4 cm³/mol. The van der Waals surface area contributed by atoms with Crippen molar-refractivity contribution in [2.75, 3.05) is 13.7 Å². The van der Waals surface area contributed by atoms with Crippen LogP contribution < -0.4 is 5.32 Å². The van der Waals surface area contributed by atoms with Crippen LogP contribution in [0.2, 0.25) is 0 Å². The third-order valence-electron chi connectivity index (χ3n) is 3.38. The first-order chi connectivity index (χ1) is 10.1. The summed E-state index contributed by atoms with van der Waals surface area (Å²) in [6.45, 7) is 2.10. The van der Waals surface area contributed by atoms with Gasteiger partial charge in [-0.05, 0) is 35.7 Å². The van der Waals surface area contributed by atoms with Gasteiger partial charge in [0.2, 0.25) is 0 Å². The van der Waals surface area contributed by atoms with E-state index in [9.17, 15) is 9.18 Å². The van der Waals surface area contributed by atoms with Crippen molar-refractivity contribution in [3.05, 3.63) is 71.0 Å². The van der Waals surface area contributed by atoms with Crippen LogP contribution in [0.25, 0.3) is 0 Å². The highest BCUT2D eigenvalue weighted by Gasteiger charge is 2.17. The highest BCUT2D eigenvalue weighted by Crippen LogP contribution is 2.24. The van der Waals surface area contributed by atoms with Crippen molar-refractivity contribution in [3.63, 3.8) is 0 Å². The summed E-state index contributed by atoms with van der Waals surface area (Å²) in [6.07, 6.45) is 0. The number of esters is 1. The molecule has 0 amide bonds. The predicted octanol–water partition coefficient (Wildman–Crippen LogP) is 2.99. The molecule has 1 atom stereocenters. The number of halogens is 1. The van der Waals surface area contributed by atoms with Gasteiger partial charge in [0.1, 0.15) is 5.82 Å². The highest BCUT2D eigenvalue weighted by molar-refractivity contribution is 5.71. The van der Waals surface area contributed by atoms with E-state index in [-0.39, 0.29) is 24.4 Å². The molecule has 1 unspecified atom stereocenters. The molecule has 2 aromatic rings. The van der Waals surface area contributed by atoms with Crippen LogP contribution in [0, 0.1) is 12.7 Å². The normalized spacial score (nSPS) is 12.0. The maximum Gasteiger partial charge on any atom is 0.319 e. The number of aryl methyl sites for hydroxylation is 1. The summed E-state index contributed by atoms with van der Waals surface area (Å²) in [5.41, 5.74) is 3.05. The number of hydrogen-bond acceptors (Lipinski definition) is 3. The number of ether oxygens (including phenoxy) is 1. The fourth-order valence-corrected chi connectivity index (χ4v) is 2.23. The fraction of sp³-hybridized carbons (Fsp3) is 0.235. The Bertz CT molecular complexity index is 610. The molecule has 0 bridgehead atoms. The van der Waals surface area contributed by atoms with Crippen molar-refractivity contribution < 1.29 is 13.9 Å². The fourth-order valence-electron chi connectivity index (χ4n) is 2.23. The first kappa shape index (κ1) is 15.2. The van der Waals surface area contributed by atoms with Gasteiger partial charge in [-0.15, -0.1) is 0 Å². The maximum atomic E-state index is 13.1. The Morgan fingerprint density at radius 3 is 2.48 bits per heavy atom. The Hall–Kier alpha value is -2.20. The molecule has 0 fully saturated rings. The van der Waals surface area contributed by atoms with E-state index in [1.807, 2.05) is 31.2 Å². The molecule has 3 nitrogen and oxygen atoms in total. The second kappa shape index (κ2) is 6.99. The second-order valence-electron chi connectivity index (χ2n) is 4.80. The van der Waals surface area contributed by atoms with Gasteiger partial charge in [0.15, 0.2) is 0 Å². The van der Waals surface area contributed by atoms with Gasteiger partial charge in [-0.2, -0.15) is 0 Å². The van der Waals surface area contributed by atoms with Crippen LogP contribution in [0.15, 0.2) is 48.5 Å². The molecule has 0 heterocycles. The zero-order valence-electron chi connectivity index (χ0n) is 12.1. The quantitative estimate of drug-likeness (QED) is 0.859. The third kappa shape index (κ3) is 3.89. The van der Waals surface area contributed by atoms with Gasteiger partial charge in [0, 0.05) is 0 Å². The molecular formula is C17H18FNO2. The lowest BCUT2D eigenvalue weighted by Gasteiger charge is -2.21. The summed E-state index contributed by atoms with van der Waals surface area (Å²) in [5, 5.41) is 3.17. The molecule has 21 heavy (non-hydrogen) atoms. The molecule has 0 saturated carbocycles. The largest absolute Gasteiger partial charge is 0.468 e. The van der Waals surface area contributed by atoms with Crippen LogP contribution in [0.5, 0.6) is 0 Å². The molecule has 0 aliphatic carbocycles. The molecular weight excluding hydrogens is 269 g/mol. The standard InChI is InChI=1S/C17H18FNO2/c1-12-5-3-4-6-15(12)17(19-11-16(20)21-2)13-7-9-14(18)10-8-13/h3-10,17,19H,11H2,1-2H3. The molecule has 1 N–H and O–H groups in total. The first-order valence-electron chi connectivity index (χ1n) is 6.73. The van der Waals surface area contributed by atoms with Crippen LogP contribution in [-0.4, -0.2) is 19.6 Å². The second-order valence-corrected chi connectivity index (χ2v) is 4.80. The van der Waals surface area contributed by atoms with Crippen LogP contribution >= 0.6 is 0 Å². The molecule has 0 aliphatic rings. The van der Waals surface area contributed by atoms with Crippen LogP contribution in [0.1, 0.15) is 22.7 Å². The molecule has 0 aromatic heterocycles. The molecule has 2 aromatic carbocycles. The van der Waals surface area contributed by atoms with Crippen molar-refractivity contribution in [3.8, 4) is 0 Å². The number of methoxy groups -OCH3 is 1. The summed E-state index contributed by atoms with van der Waals surface area (Å²) in [5.74, 6) is -0.619. The van der Waals surface area contributed by atoms with Crippen molar-refractivity contribution in [2.45, 2.75) is 13.0 Å². The number of carbonyl (C=O) groups is 1. The Morgan fingerprint density at radius 1 is 1.19 bits per heavy atom. The Balaban J connectivity index is 2.32. The van der Waals surface area contributed by atoms with Gasteiger partial charge in [-0.1, -0.05) is 36.4 Å². The van der Waals surface area contributed by atoms with E-state index in [0.717, 1.165) is 16.7 Å². The van der Waals surface area contributed by atoms with Gasteiger partial charge in [-0.3, -0.25) is 10.1 Å². The van der Waals surface area contributed by atoms with E-state index in [1.165, 1.54) is 19.2 Å². The van der Waals surface area contributed by atoms with Gasteiger partial charge < -0.3 is 4.74 Å². The minimum atomic E-state index is -0.337. The van der Waals surface area contributed by atoms with Gasteiger partial charge >= 0.3 is 5.97 Å². The molecule has 110 valence electrons. The summed E-state index contributed by atoms with van der Waals surface area (Å²) < 4.78 is 17.8. The van der Waals surface area contributed by atoms with Crippen LogP contribution in [0.3, 0.4) is 0 Å². The first-order valence-corrected chi connectivity index (χ1v) is 6.73. The molecule has 2 rings (SSSR count). The number of hydrogen-bond donors (Lipinski definition) is 1. The SMILES string of the molecule is COC(=O)CNC(c1ccc(F)cc1)c1ccccc1C. The van der Waals surface area contributed by atoms with Crippen molar-refractivity contribution in [1.29, 1.82) is 0 Å². The lowest BCUT2D eigenvalue weighted by atomic mass is 9.95. The third-order valence-corrected chi connectivity index (χ3v) is 3.38. The smallest absolute Gasteiger partial charge is 0.319 e. The van der Waals surface area contributed by atoms with E-state index in [1.54, 1.807) is 12.1 Å². The zero-order chi connectivity index (χ0) is 15.2. The van der Waals surface area contributed by atoms with E-state index in [4.69, 9.17) is 0 Å².